The second kappa shape index (κ2) is 6.77. The molecule has 100 valence electrons. The van der Waals surface area contributed by atoms with Crippen molar-refractivity contribution < 1.29 is 0 Å². The van der Waals surface area contributed by atoms with Gasteiger partial charge in [0.1, 0.15) is 10.8 Å². The Labute approximate surface area is 121 Å². The summed E-state index contributed by atoms with van der Waals surface area (Å²) < 4.78 is 0. The fourth-order valence-corrected chi connectivity index (χ4v) is 2.80. The number of aryl methyl sites for hydroxylation is 1. The van der Waals surface area contributed by atoms with Crippen molar-refractivity contribution in [2.45, 2.75) is 29.3 Å². The maximum absolute atomic E-state index is 5.76. The summed E-state index contributed by atoms with van der Waals surface area (Å²) in [7, 11) is 0. The van der Waals surface area contributed by atoms with Gasteiger partial charge in [-0.2, -0.15) is 0 Å². The van der Waals surface area contributed by atoms with Crippen molar-refractivity contribution in [1.29, 1.82) is 0 Å². The zero-order chi connectivity index (χ0) is 13.7. The first-order chi connectivity index (χ1) is 9.21. The standard InChI is InChI=1S/C13H16N4S2/c1-3-9-4-5-15-10(6-9)8-19-13-16-11(14)7-12(17-13)18-2/h4-7H,3,8H2,1-2H3,(H2,14,16,17). The van der Waals surface area contributed by atoms with E-state index in [4.69, 9.17) is 5.73 Å². The quantitative estimate of drug-likeness (QED) is 0.519. The summed E-state index contributed by atoms with van der Waals surface area (Å²) in [5, 5.41) is 1.60. The molecule has 0 aliphatic carbocycles. The van der Waals surface area contributed by atoms with Gasteiger partial charge in [-0.3, -0.25) is 4.98 Å². The number of thioether (sulfide) groups is 2. The van der Waals surface area contributed by atoms with Gasteiger partial charge < -0.3 is 5.73 Å². The fourth-order valence-electron chi connectivity index (χ4n) is 1.56. The zero-order valence-corrected chi connectivity index (χ0v) is 12.6. The molecule has 6 heteroatoms. The van der Waals surface area contributed by atoms with Gasteiger partial charge in [-0.05, 0) is 30.4 Å². The van der Waals surface area contributed by atoms with Gasteiger partial charge in [0.05, 0.1) is 5.69 Å². The Balaban J connectivity index is 2.07. The Morgan fingerprint density at radius 3 is 2.84 bits per heavy atom. The van der Waals surface area contributed by atoms with Gasteiger partial charge in [-0.1, -0.05) is 18.7 Å². The molecule has 19 heavy (non-hydrogen) atoms. The lowest BCUT2D eigenvalue weighted by molar-refractivity contribution is 0.899. The number of anilines is 1. The molecular formula is C13H16N4S2. The molecule has 0 atom stereocenters. The van der Waals surface area contributed by atoms with Gasteiger partial charge in [0.15, 0.2) is 5.16 Å². The van der Waals surface area contributed by atoms with Crippen LogP contribution in [0.15, 0.2) is 34.6 Å². The van der Waals surface area contributed by atoms with Crippen molar-refractivity contribution in [3.63, 3.8) is 0 Å². The van der Waals surface area contributed by atoms with E-state index in [0.717, 1.165) is 22.9 Å². The molecule has 4 nitrogen and oxygen atoms in total. The minimum Gasteiger partial charge on any atom is -0.384 e. The van der Waals surface area contributed by atoms with Crippen LogP contribution in [0.1, 0.15) is 18.2 Å². The molecule has 0 unspecified atom stereocenters. The van der Waals surface area contributed by atoms with E-state index in [9.17, 15) is 0 Å². The average Bonchev–Trinajstić information content (AvgIpc) is 2.44. The third-order valence-electron chi connectivity index (χ3n) is 2.55. The van der Waals surface area contributed by atoms with E-state index in [-0.39, 0.29) is 0 Å². The largest absolute Gasteiger partial charge is 0.384 e. The topological polar surface area (TPSA) is 64.7 Å². The predicted molar refractivity (Wildman–Crippen MR) is 81.4 cm³/mol. The number of rotatable bonds is 5. The summed E-state index contributed by atoms with van der Waals surface area (Å²) in [5.74, 6) is 1.27. The lowest BCUT2D eigenvalue weighted by Crippen LogP contribution is -1.97. The van der Waals surface area contributed by atoms with Gasteiger partial charge in [0.25, 0.3) is 0 Å². The molecule has 0 fully saturated rings. The van der Waals surface area contributed by atoms with Crippen molar-refractivity contribution in [1.82, 2.24) is 15.0 Å². The van der Waals surface area contributed by atoms with Crippen LogP contribution in [0.3, 0.4) is 0 Å². The summed E-state index contributed by atoms with van der Waals surface area (Å²) in [6.07, 6.45) is 4.84. The lowest BCUT2D eigenvalue weighted by Gasteiger charge is -2.04. The molecule has 2 aromatic heterocycles. The molecular weight excluding hydrogens is 276 g/mol. The minimum atomic E-state index is 0.511. The number of hydrogen-bond acceptors (Lipinski definition) is 6. The Hall–Kier alpha value is -1.27. The van der Waals surface area contributed by atoms with Gasteiger partial charge in [0.2, 0.25) is 0 Å². The fraction of sp³-hybridized carbons (Fsp3) is 0.308. The molecule has 0 amide bonds. The van der Waals surface area contributed by atoms with E-state index in [1.54, 1.807) is 29.6 Å². The molecule has 0 spiro atoms. The molecule has 0 radical (unpaired) electrons. The van der Waals surface area contributed by atoms with Crippen LogP contribution >= 0.6 is 23.5 Å². The van der Waals surface area contributed by atoms with E-state index in [1.165, 1.54) is 5.56 Å². The van der Waals surface area contributed by atoms with Crippen molar-refractivity contribution in [3.05, 3.63) is 35.7 Å². The van der Waals surface area contributed by atoms with Crippen molar-refractivity contribution >= 4 is 29.3 Å². The van der Waals surface area contributed by atoms with Crippen LogP contribution in [0.25, 0.3) is 0 Å². The van der Waals surface area contributed by atoms with Crippen LogP contribution in [-0.4, -0.2) is 21.2 Å². The van der Waals surface area contributed by atoms with Gasteiger partial charge in [0, 0.05) is 18.0 Å². The molecule has 0 aromatic carbocycles. The summed E-state index contributed by atoms with van der Waals surface area (Å²) in [6, 6.07) is 5.94. The SMILES string of the molecule is CCc1ccnc(CSc2nc(N)cc(SC)n2)c1. The third-order valence-corrected chi connectivity index (χ3v) is 4.06. The van der Waals surface area contributed by atoms with Crippen LogP contribution in [0.4, 0.5) is 5.82 Å². The Morgan fingerprint density at radius 1 is 1.26 bits per heavy atom. The highest BCUT2D eigenvalue weighted by molar-refractivity contribution is 7.99. The smallest absolute Gasteiger partial charge is 0.190 e. The zero-order valence-electron chi connectivity index (χ0n) is 11.0. The number of nitrogen functional groups attached to an aromatic ring is 1. The highest BCUT2D eigenvalue weighted by Crippen LogP contribution is 2.23. The van der Waals surface area contributed by atoms with Crippen molar-refractivity contribution in [3.8, 4) is 0 Å². The predicted octanol–water partition coefficient (Wildman–Crippen LogP) is 3.03. The highest BCUT2D eigenvalue weighted by atomic mass is 32.2. The molecule has 0 aliphatic rings. The van der Waals surface area contributed by atoms with Crippen LogP contribution in [-0.2, 0) is 12.2 Å². The molecule has 0 bridgehead atoms. The van der Waals surface area contributed by atoms with Crippen LogP contribution in [0.5, 0.6) is 0 Å². The molecule has 0 aliphatic heterocycles. The van der Waals surface area contributed by atoms with Crippen LogP contribution < -0.4 is 5.73 Å². The van der Waals surface area contributed by atoms with E-state index in [0.29, 0.717) is 11.0 Å². The number of pyridine rings is 1. The first-order valence-corrected chi connectivity index (χ1v) is 8.17. The van der Waals surface area contributed by atoms with Gasteiger partial charge in [-0.15, -0.1) is 11.8 Å². The Morgan fingerprint density at radius 2 is 2.11 bits per heavy atom. The molecule has 2 heterocycles. The lowest BCUT2D eigenvalue weighted by atomic mass is 10.2. The molecule has 0 saturated heterocycles. The first-order valence-electron chi connectivity index (χ1n) is 5.96. The second-order valence-electron chi connectivity index (χ2n) is 3.92. The molecule has 2 aromatic rings. The van der Waals surface area contributed by atoms with Gasteiger partial charge in [-0.25, -0.2) is 9.97 Å². The third kappa shape index (κ3) is 4.11. The summed E-state index contributed by atoms with van der Waals surface area (Å²) in [5.41, 5.74) is 8.09. The monoisotopic (exact) mass is 292 g/mol. The van der Waals surface area contributed by atoms with E-state index < -0.39 is 0 Å². The first kappa shape index (κ1) is 14.1. The maximum atomic E-state index is 5.76. The average molecular weight is 292 g/mol. The number of nitrogens with two attached hydrogens (primary N) is 1. The Bertz CT molecular complexity index is 560. The molecule has 2 N–H and O–H groups in total. The highest BCUT2D eigenvalue weighted by Gasteiger charge is 2.04. The summed E-state index contributed by atoms with van der Waals surface area (Å²) >= 11 is 3.12. The van der Waals surface area contributed by atoms with Crippen molar-refractivity contribution in [2.24, 2.45) is 0 Å². The summed E-state index contributed by atoms with van der Waals surface area (Å²) in [4.78, 5) is 13.0. The number of nitrogens with zero attached hydrogens (tertiary/aromatic N) is 3. The summed E-state index contributed by atoms with van der Waals surface area (Å²) in [6.45, 7) is 2.14. The van der Waals surface area contributed by atoms with E-state index >= 15 is 0 Å². The van der Waals surface area contributed by atoms with Crippen LogP contribution in [0.2, 0.25) is 0 Å². The number of aromatic nitrogens is 3. The van der Waals surface area contributed by atoms with E-state index in [1.807, 2.05) is 18.5 Å². The molecule has 0 saturated carbocycles. The number of hydrogen-bond donors (Lipinski definition) is 1. The normalized spacial score (nSPS) is 10.6. The van der Waals surface area contributed by atoms with Crippen molar-refractivity contribution in [2.75, 3.05) is 12.0 Å². The second-order valence-corrected chi connectivity index (χ2v) is 5.68. The van der Waals surface area contributed by atoms with Crippen LogP contribution in [0, 0.1) is 0 Å². The maximum Gasteiger partial charge on any atom is 0.190 e. The Kier molecular flexibility index (Phi) is 5.04. The molecule has 2 rings (SSSR count). The van der Waals surface area contributed by atoms with E-state index in [2.05, 4.69) is 27.9 Å². The van der Waals surface area contributed by atoms with Gasteiger partial charge >= 0.3 is 0 Å². The minimum absolute atomic E-state index is 0.511.